The van der Waals surface area contributed by atoms with Crippen molar-refractivity contribution in [2.75, 3.05) is 40.5 Å². The van der Waals surface area contributed by atoms with Crippen LogP contribution in [0.1, 0.15) is 29.5 Å². The minimum absolute atomic E-state index is 0.161. The monoisotopic (exact) mass is 424 g/mol. The summed E-state index contributed by atoms with van der Waals surface area (Å²) in [6.07, 6.45) is 3.21. The van der Waals surface area contributed by atoms with E-state index in [4.69, 9.17) is 14.2 Å². The zero-order valence-electron chi connectivity index (χ0n) is 18.5. The van der Waals surface area contributed by atoms with Crippen LogP contribution in [0, 0.1) is 0 Å². The summed E-state index contributed by atoms with van der Waals surface area (Å²) in [6.45, 7) is 4.09. The maximum Gasteiger partial charge on any atom is 0.237 e. The summed E-state index contributed by atoms with van der Waals surface area (Å²) >= 11 is 0. The maximum absolute atomic E-state index is 13.2. The summed E-state index contributed by atoms with van der Waals surface area (Å²) in [7, 11) is 3.29. The Kier molecular flexibility index (Phi) is 7.10. The van der Waals surface area contributed by atoms with Crippen LogP contribution in [-0.4, -0.2) is 62.3 Å². The highest BCUT2D eigenvalue weighted by Gasteiger charge is 2.26. The van der Waals surface area contributed by atoms with Gasteiger partial charge in [0.2, 0.25) is 5.91 Å². The van der Waals surface area contributed by atoms with E-state index < -0.39 is 0 Å². The van der Waals surface area contributed by atoms with E-state index in [1.54, 1.807) is 14.2 Å². The molecule has 166 valence electrons. The number of rotatable bonds is 8. The first-order valence-corrected chi connectivity index (χ1v) is 11.1. The Hall–Kier alpha value is -2.57. The molecule has 0 saturated carbocycles. The lowest BCUT2D eigenvalue weighted by atomic mass is 9.98. The van der Waals surface area contributed by atoms with Gasteiger partial charge in [-0.15, -0.1) is 0 Å². The maximum atomic E-state index is 13.2. The number of carbonyl (C=O) groups excluding carboxylic acids is 1. The molecular formula is C25H32N2O4. The highest BCUT2D eigenvalue weighted by molar-refractivity contribution is 5.78. The van der Waals surface area contributed by atoms with E-state index >= 15 is 0 Å². The van der Waals surface area contributed by atoms with Crippen molar-refractivity contribution in [2.45, 2.75) is 38.5 Å². The second kappa shape index (κ2) is 10.2. The third kappa shape index (κ3) is 5.38. The number of hydrogen-bond acceptors (Lipinski definition) is 5. The topological polar surface area (TPSA) is 51.2 Å². The van der Waals surface area contributed by atoms with E-state index in [1.165, 1.54) is 11.1 Å². The first-order valence-electron chi connectivity index (χ1n) is 11.1. The molecule has 2 aliphatic heterocycles. The van der Waals surface area contributed by atoms with Gasteiger partial charge in [0, 0.05) is 32.8 Å². The van der Waals surface area contributed by atoms with E-state index in [2.05, 4.69) is 17.0 Å². The van der Waals surface area contributed by atoms with Crippen molar-refractivity contribution in [3.63, 3.8) is 0 Å². The van der Waals surface area contributed by atoms with Gasteiger partial charge < -0.3 is 19.1 Å². The van der Waals surface area contributed by atoms with Crippen LogP contribution < -0.4 is 9.47 Å². The molecule has 31 heavy (non-hydrogen) atoms. The average Bonchev–Trinajstić information content (AvgIpc) is 3.31. The second-order valence-corrected chi connectivity index (χ2v) is 8.33. The lowest BCUT2D eigenvalue weighted by Crippen LogP contribution is -2.44. The summed E-state index contributed by atoms with van der Waals surface area (Å²) in [6, 6.07) is 14.4. The van der Waals surface area contributed by atoms with Crippen molar-refractivity contribution in [1.29, 1.82) is 0 Å². The Morgan fingerprint density at radius 3 is 2.55 bits per heavy atom. The molecule has 1 unspecified atom stereocenters. The van der Waals surface area contributed by atoms with E-state index in [9.17, 15) is 4.79 Å². The molecule has 0 spiro atoms. The highest BCUT2D eigenvalue weighted by Crippen LogP contribution is 2.33. The van der Waals surface area contributed by atoms with Crippen LogP contribution in [0.3, 0.4) is 0 Å². The van der Waals surface area contributed by atoms with Crippen molar-refractivity contribution in [1.82, 2.24) is 9.80 Å². The zero-order chi connectivity index (χ0) is 21.6. The molecule has 6 heteroatoms. The van der Waals surface area contributed by atoms with Crippen LogP contribution in [0.4, 0.5) is 0 Å². The molecule has 1 fully saturated rings. The Balaban J connectivity index is 1.44. The van der Waals surface area contributed by atoms with Crippen LogP contribution in [-0.2, 0) is 29.0 Å². The number of ether oxygens (including phenoxy) is 3. The summed E-state index contributed by atoms with van der Waals surface area (Å²) in [5.41, 5.74) is 3.57. The zero-order valence-corrected chi connectivity index (χ0v) is 18.5. The molecule has 2 aromatic rings. The Morgan fingerprint density at radius 1 is 1.13 bits per heavy atom. The average molecular weight is 425 g/mol. The molecule has 0 radical (unpaired) electrons. The quantitative estimate of drug-likeness (QED) is 0.651. The number of hydrogen-bond donors (Lipinski definition) is 0. The van der Waals surface area contributed by atoms with Crippen LogP contribution >= 0.6 is 0 Å². The standard InChI is InChI=1S/C25H32N2O4/c1-29-23-13-20-10-11-27(16-21(20)14-24(23)30-2)25(28)18-26(17-22-9-6-12-31-22)15-19-7-4-3-5-8-19/h3-5,7-8,13-14,22H,6,9-12,15-18H2,1-2H3. The van der Waals surface area contributed by atoms with Crippen LogP contribution in [0.15, 0.2) is 42.5 Å². The number of benzene rings is 2. The Labute approximate surface area is 184 Å². The molecule has 0 aliphatic carbocycles. The van der Waals surface area contributed by atoms with Gasteiger partial charge in [0.05, 0.1) is 26.9 Å². The fraction of sp³-hybridized carbons (Fsp3) is 0.480. The van der Waals surface area contributed by atoms with Gasteiger partial charge in [-0.2, -0.15) is 0 Å². The Bertz CT molecular complexity index is 881. The predicted octanol–water partition coefficient (Wildman–Crippen LogP) is 3.27. The molecule has 2 heterocycles. The minimum Gasteiger partial charge on any atom is -0.493 e. The molecule has 0 N–H and O–H groups in total. The number of methoxy groups -OCH3 is 2. The van der Waals surface area contributed by atoms with Gasteiger partial charge in [-0.25, -0.2) is 0 Å². The summed E-state index contributed by atoms with van der Waals surface area (Å²) < 4.78 is 16.7. The van der Waals surface area contributed by atoms with Crippen LogP contribution in [0.2, 0.25) is 0 Å². The lowest BCUT2D eigenvalue weighted by Gasteiger charge is -2.32. The van der Waals surface area contributed by atoms with Crippen molar-refractivity contribution in [3.8, 4) is 11.5 Å². The summed E-state index contributed by atoms with van der Waals surface area (Å²) in [4.78, 5) is 17.4. The predicted molar refractivity (Wildman–Crippen MR) is 119 cm³/mol. The smallest absolute Gasteiger partial charge is 0.237 e. The summed E-state index contributed by atoms with van der Waals surface area (Å²) in [5.74, 6) is 1.61. The second-order valence-electron chi connectivity index (χ2n) is 8.33. The molecule has 6 nitrogen and oxygen atoms in total. The fourth-order valence-corrected chi connectivity index (χ4v) is 4.49. The van der Waals surface area contributed by atoms with Crippen LogP contribution in [0.5, 0.6) is 11.5 Å². The van der Waals surface area contributed by atoms with Crippen molar-refractivity contribution < 1.29 is 19.0 Å². The van der Waals surface area contributed by atoms with Gasteiger partial charge in [-0.3, -0.25) is 9.69 Å². The van der Waals surface area contributed by atoms with E-state index in [0.29, 0.717) is 18.8 Å². The van der Waals surface area contributed by atoms with E-state index in [0.717, 1.165) is 56.8 Å². The van der Waals surface area contributed by atoms with Gasteiger partial charge in [-0.1, -0.05) is 30.3 Å². The lowest BCUT2D eigenvalue weighted by molar-refractivity contribution is -0.133. The molecule has 0 aromatic heterocycles. The van der Waals surface area contributed by atoms with Gasteiger partial charge in [0.1, 0.15) is 0 Å². The molecule has 2 aliphatic rings. The molecule has 1 amide bonds. The van der Waals surface area contributed by atoms with Crippen molar-refractivity contribution >= 4 is 5.91 Å². The largest absolute Gasteiger partial charge is 0.493 e. The van der Waals surface area contributed by atoms with Crippen molar-refractivity contribution in [2.24, 2.45) is 0 Å². The fourth-order valence-electron chi connectivity index (χ4n) is 4.49. The summed E-state index contributed by atoms with van der Waals surface area (Å²) in [5, 5.41) is 0. The van der Waals surface area contributed by atoms with Gasteiger partial charge in [-0.05, 0) is 48.1 Å². The van der Waals surface area contributed by atoms with Gasteiger partial charge >= 0.3 is 0 Å². The minimum atomic E-state index is 0.161. The third-order valence-electron chi connectivity index (χ3n) is 6.16. The Morgan fingerprint density at radius 2 is 1.87 bits per heavy atom. The first kappa shape index (κ1) is 21.7. The SMILES string of the molecule is COc1cc2c(cc1OC)CN(C(=O)CN(Cc1ccccc1)CC1CCCO1)CC2. The number of amides is 1. The number of nitrogens with zero attached hydrogens (tertiary/aromatic N) is 2. The molecule has 0 bridgehead atoms. The van der Waals surface area contributed by atoms with Gasteiger partial charge in [0.25, 0.3) is 0 Å². The first-order chi connectivity index (χ1) is 15.2. The molecular weight excluding hydrogens is 392 g/mol. The van der Waals surface area contributed by atoms with Crippen molar-refractivity contribution in [3.05, 3.63) is 59.2 Å². The third-order valence-corrected chi connectivity index (χ3v) is 6.16. The van der Waals surface area contributed by atoms with E-state index in [1.807, 2.05) is 35.2 Å². The number of carbonyl (C=O) groups is 1. The van der Waals surface area contributed by atoms with Crippen LogP contribution in [0.25, 0.3) is 0 Å². The normalized spacial score (nSPS) is 18.2. The molecule has 4 rings (SSSR count). The molecule has 1 saturated heterocycles. The highest BCUT2D eigenvalue weighted by atomic mass is 16.5. The molecule has 1 atom stereocenters. The molecule has 2 aromatic carbocycles. The number of fused-ring (bicyclic) bond motifs is 1. The van der Waals surface area contributed by atoms with E-state index in [-0.39, 0.29) is 12.0 Å². The van der Waals surface area contributed by atoms with Gasteiger partial charge in [0.15, 0.2) is 11.5 Å².